The maximum absolute atomic E-state index is 12.2. The van der Waals surface area contributed by atoms with Crippen molar-refractivity contribution in [2.45, 2.75) is 38.5 Å². The molecular formula is C13H21N5O5. The Bertz CT molecular complexity index is 541. The number of carbonyl (C=O) groups excluding carboxylic acids is 2. The van der Waals surface area contributed by atoms with E-state index in [1.165, 1.54) is 6.92 Å². The molecule has 0 bridgehead atoms. The van der Waals surface area contributed by atoms with Crippen LogP contribution in [0.1, 0.15) is 20.3 Å². The van der Waals surface area contributed by atoms with Gasteiger partial charge in [0, 0.05) is 13.5 Å². The highest BCUT2D eigenvalue weighted by molar-refractivity contribution is 5.89. The summed E-state index contributed by atoms with van der Waals surface area (Å²) in [4.78, 5) is 38.7. The van der Waals surface area contributed by atoms with Gasteiger partial charge in [-0.05, 0) is 12.5 Å². The number of amides is 2. The van der Waals surface area contributed by atoms with Gasteiger partial charge >= 0.3 is 5.97 Å². The first-order chi connectivity index (χ1) is 10.8. The Labute approximate surface area is 132 Å². The number of nitrogens with two attached hydrogens (primary N) is 2. The van der Waals surface area contributed by atoms with Gasteiger partial charge in [0.15, 0.2) is 12.1 Å². The van der Waals surface area contributed by atoms with Crippen LogP contribution >= 0.6 is 0 Å². The third kappa shape index (κ3) is 5.16. The molecule has 0 aliphatic carbocycles. The summed E-state index contributed by atoms with van der Waals surface area (Å²) in [6, 6.07) is -1.88. The minimum Gasteiger partial charge on any atom is -0.475 e. The highest BCUT2D eigenvalue weighted by Gasteiger charge is 2.41. The van der Waals surface area contributed by atoms with Gasteiger partial charge in [0.05, 0.1) is 0 Å². The van der Waals surface area contributed by atoms with E-state index in [4.69, 9.17) is 21.3 Å². The largest absolute Gasteiger partial charge is 0.475 e. The predicted molar refractivity (Wildman–Crippen MR) is 81.1 cm³/mol. The molecule has 0 unspecified atom stereocenters. The van der Waals surface area contributed by atoms with Gasteiger partial charge in [-0.25, -0.2) is 9.79 Å². The number of carboxylic acids is 1. The van der Waals surface area contributed by atoms with E-state index in [1.54, 1.807) is 0 Å². The van der Waals surface area contributed by atoms with E-state index in [-0.39, 0.29) is 5.96 Å². The van der Waals surface area contributed by atoms with Gasteiger partial charge in [-0.2, -0.15) is 0 Å². The van der Waals surface area contributed by atoms with E-state index in [0.29, 0.717) is 13.0 Å². The second-order valence-electron chi connectivity index (χ2n) is 4.94. The van der Waals surface area contributed by atoms with Crippen LogP contribution in [-0.2, 0) is 19.1 Å². The normalized spacial score (nSPS) is 23.0. The van der Waals surface area contributed by atoms with Crippen LogP contribution in [0, 0.1) is 0 Å². The van der Waals surface area contributed by atoms with E-state index in [0.717, 1.165) is 6.08 Å². The van der Waals surface area contributed by atoms with Crippen LogP contribution in [0.4, 0.5) is 0 Å². The van der Waals surface area contributed by atoms with Crippen molar-refractivity contribution in [2.24, 2.45) is 16.5 Å². The Morgan fingerprint density at radius 2 is 2.04 bits per heavy atom. The summed E-state index contributed by atoms with van der Waals surface area (Å²) in [7, 11) is 0. The van der Waals surface area contributed by atoms with Gasteiger partial charge in [0.2, 0.25) is 11.7 Å². The van der Waals surface area contributed by atoms with Crippen molar-refractivity contribution >= 4 is 23.7 Å². The van der Waals surface area contributed by atoms with E-state index in [2.05, 4.69) is 15.6 Å². The number of nitrogens with zero attached hydrogens (tertiary/aromatic N) is 1. The number of ether oxygens (including phenoxy) is 1. The number of carboxylic acid groups (broad SMARTS) is 1. The van der Waals surface area contributed by atoms with Crippen molar-refractivity contribution in [2.75, 3.05) is 6.54 Å². The highest BCUT2D eigenvalue weighted by Crippen LogP contribution is 2.21. The van der Waals surface area contributed by atoms with Crippen LogP contribution in [0.15, 0.2) is 16.8 Å². The number of aliphatic imine (C=N–C) groups is 1. The molecular weight excluding hydrogens is 306 g/mol. The number of carbonyl (C=O) groups is 3. The molecule has 0 radical (unpaired) electrons. The lowest BCUT2D eigenvalue weighted by Gasteiger charge is -2.34. The van der Waals surface area contributed by atoms with E-state index >= 15 is 0 Å². The Balaban J connectivity index is 3.20. The highest BCUT2D eigenvalue weighted by atomic mass is 16.5. The molecule has 3 atom stereocenters. The summed E-state index contributed by atoms with van der Waals surface area (Å²) in [5.74, 6) is -3.13. The zero-order chi connectivity index (χ0) is 17.6. The summed E-state index contributed by atoms with van der Waals surface area (Å²) in [5.41, 5.74) is 10.7. The zero-order valence-corrected chi connectivity index (χ0v) is 12.9. The van der Waals surface area contributed by atoms with Crippen LogP contribution in [0.2, 0.25) is 0 Å². The number of hydrogen-bond acceptors (Lipinski definition) is 5. The molecule has 23 heavy (non-hydrogen) atoms. The summed E-state index contributed by atoms with van der Waals surface area (Å²) in [5, 5.41) is 14.2. The van der Waals surface area contributed by atoms with Crippen molar-refractivity contribution in [3.8, 4) is 0 Å². The molecule has 0 fully saturated rings. The molecule has 7 N–H and O–H groups in total. The molecule has 1 aliphatic rings. The van der Waals surface area contributed by atoms with Gasteiger partial charge in [-0.15, -0.1) is 0 Å². The first-order valence-corrected chi connectivity index (χ1v) is 7.01. The molecule has 1 rings (SSSR count). The monoisotopic (exact) mass is 327 g/mol. The second-order valence-corrected chi connectivity index (χ2v) is 4.94. The Morgan fingerprint density at radius 1 is 1.39 bits per heavy atom. The van der Waals surface area contributed by atoms with Crippen molar-refractivity contribution in [1.82, 2.24) is 10.6 Å². The molecule has 2 amide bonds. The zero-order valence-electron chi connectivity index (χ0n) is 12.9. The summed E-state index contributed by atoms with van der Waals surface area (Å²) in [6.45, 7) is 3.49. The Kier molecular flexibility index (Phi) is 6.36. The van der Waals surface area contributed by atoms with Crippen molar-refractivity contribution in [3.05, 3.63) is 11.8 Å². The quantitative estimate of drug-likeness (QED) is 0.278. The third-order valence-corrected chi connectivity index (χ3v) is 2.96. The average Bonchev–Trinajstić information content (AvgIpc) is 2.44. The molecule has 10 nitrogen and oxygen atoms in total. The molecule has 0 saturated heterocycles. The number of aliphatic carboxylic acids is 1. The predicted octanol–water partition coefficient (Wildman–Crippen LogP) is -1.97. The lowest BCUT2D eigenvalue weighted by atomic mass is 9.97. The minimum atomic E-state index is -1.37. The van der Waals surface area contributed by atoms with Crippen LogP contribution < -0.4 is 22.1 Å². The van der Waals surface area contributed by atoms with Crippen LogP contribution in [0.3, 0.4) is 0 Å². The van der Waals surface area contributed by atoms with Crippen LogP contribution in [0.25, 0.3) is 0 Å². The fraction of sp³-hybridized carbons (Fsp3) is 0.538. The molecule has 0 spiro atoms. The first-order valence-electron chi connectivity index (χ1n) is 7.01. The fourth-order valence-electron chi connectivity index (χ4n) is 2.06. The molecule has 1 heterocycles. The van der Waals surface area contributed by atoms with Crippen molar-refractivity contribution in [3.63, 3.8) is 0 Å². The van der Waals surface area contributed by atoms with E-state index in [9.17, 15) is 14.4 Å². The molecule has 0 aromatic carbocycles. The van der Waals surface area contributed by atoms with Gasteiger partial charge in [-0.3, -0.25) is 9.59 Å². The van der Waals surface area contributed by atoms with Gasteiger partial charge in [0.1, 0.15) is 12.1 Å². The topological polar surface area (TPSA) is 169 Å². The maximum atomic E-state index is 12.2. The number of nitrogens with one attached hydrogen (secondary N) is 2. The van der Waals surface area contributed by atoms with Crippen molar-refractivity contribution < 1.29 is 24.2 Å². The summed E-state index contributed by atoms with van der Waals surface area (Å²) < 4.78 is 5.22. The van der Waals surface area contributed by atoms with Gasteiger partial charge in [-0.1, -0.05) is 6.92 Å². The maximum Gasteiger partial charge on any atom is 0.370 e. The molecule has 0 saturated carbocycles. The minimum absolute atomic E-state index is 0.305. The summed E-state index contributed by atoms with van der Waals surface area (Å²) in [6.07, 6.45) is 0.559. The van der Waals surface area contributed by atoms with Crippen molar-refractivity contribution in [1.29, 1.82) is 0 Å². The third-order valence-electron chi connectivity index (χ3n) is 2.96. The SMILES string of the molecule is CCCNC(=O)[C@@H]1OC(C(=O)O)=C[C@H](N=C(N)N)[C@H]1NC(C)=O. The number of hydrogen-bond donors (Lipinski definition) is 5. The number of rotatable bonds is 6. The summed E-state index contributed by atoms with van der Waals surface area (Å²) >= 11 is 0. The molecule has 128 valence electrons. The van der Waals surface area contributed by atoms with E-state index < -0.39 is 41.7 Å². The van der Waals surface area contributed by atoms with Gasteiger partial charge in [0.25, 0.3) is 5.91 Å². The van der Waals surface area contributed by atoms with E-state index in [1.807, 2.05) is 6.92 Å². The number of guanidine groups is 1. The lowest BCUT2D eigenvalue weighted by Crippen LogP contribution is -2.58. The standard InChI is InChI=1S/C13H21N5O5/c1-3-4-16-11(20)10-9(17-6(2)19)7(18-13(14)15)5-8(23-10)12(21)22/h5,7,9-10H,3-4H2,1-2H3,(H,16,20)(H,17,19)(H,21,22)(H4,14,15,18)/t7-,9+,10+/m0/s1. The van der Waals surface area contributed by atoms with Gasteiger partial charge < -0.3 is 31.9 Å². The molecule has 0 aromatic heterocycles. The molecule has 1 aliphatic heterocycles. The Morgan fingerprint density at radius 3 is 2.52 bits per heavy atom. The average molecular weight is 327 g/mol. The molecule has 0 aromatic rings. The van der Waals surface area contributed by atoms with Crippen LogP contribution in [0.5, 0.6) is 0 Å². The fourth-order valence-corrected chi connectivity index (χ4v) is 2.06. The van der Waals surface area contributed by atoms with Crippen LogP contribution in [-0.4, -0.2) is 53.6 Å². The lowest BCUT2D eigenvalue weighted by molar-refractivity contribution is -0.143. The Hall–Kier alpha value is -2.78. The first kappa shape index (κ1) is 18.3. The smallest absolute Gasteiger partial charge is 0.370 e. The second kappa shape index (κ2) is 8.01. The molecule has 10 heteroatoms.